The summed E-state index contributed by atoms with van der Waals surface area (Å²) in [6, 6.07) is 5.81. The minimum absolute atomic E-state index is 0.0121. The molecule has 14 heteroatoms. The summed E-state index contributed by atoms with van der Waals surface area (Å²) >= 11 is 0. The Hall–Kier alpha value is -3.91. The Morgan fingerprint density at radius 1 is 1.17 bits per heavy atom. The summed E-state index contributed by atoms with van der Waals surface area (Å²) in [6.45, 7) is 13.5. The number of halogens is 3. The van der Waals surface area contributed by atoms with Gasteiger partial charge in [0.15, 0.2) is 0 Å². The number of nitrogens with zero attached hydrogens (tertiary/aromatic N) is 4. The van der Waals surface area contributed by atoms with Crippen molar-refractivity contribution in [1.82, 2.24) is 19.4 Å². The highest BCUT2D eigenvalue weighted by atomic mass is 28.3. The molecule has 0 aliphatic carbocycles. The van der Waals surface area contributed by atoms with E-state index in [0.717, 1.165) is 12.2 Å². The van der Waals surface area contributed by atoms with Crippen molar-refractivity contribution in [2.24, 2.45) is 0 Å². The summed E-state index contributed by atoms with van der Waals surface area (Å²) in [4.78, 5) is 34.6. The fraction of sp³-hybridized carbons (Fsp3) is 0.515. The number of carbonyl (C=O) groups excluding carboxylic acids is 2. The van der Waals surface area contributed by atoms with Crippen molar-refractivity contribution in [2.75, 3.05) is 32.1 Å². The zero-order valence-electron chi connectivity index (χ0n) is 28.0. The third-order valence-electron chi connectivity index (χ3n) is 7.51. The number of aromatic nitrogens is 3. The van der Waals surface area contributed by atoms with E-state index in [0.29, 0.717) is 49.0 Å². The number of hydrogen-bond donors (Lipinski definition) is 1. The summed E-state index contributed by atoms with van der Waals surface area (Å²) in [5, 5.41) is 3.64. The first-order valence-corrected chi connectivity index (χ1v) is 19.3. The molecular formula is C33H44F3N5O5Si. The number of nitrogens with one attached hydrogen (secondary N) is 1. The summed E-state index contributed by atoms with van der Waals surface area (Å²) in [5.41, 5.74) is -0.531. The van der Waals surface area contributed by atoms with Crippen LogP contribution in [-0.4, -0.2) is 78.0 Å². The third-order valence-corrected chi connectivity index (χ3v) is 9.22. The standard InChI is InChI=1S/C33H44F3N5O5Si/c1-32(2,3)46-31(43)40-15-9-11-23(19-40)38-30-37-18-26(33(34,35)36)28(39-30)25-20-41(21-45-16-17-47(5,6)7)29-22(10-8-12-24(25)29)13-14-27(42)44-4/h8,10,12-14,18,20,23H,9,11,15-17,19,21H2,1-7H3,(H,37,38,39)/b14-13+/t23-/m0/s1. The molecule has 0 saturated carbocycles. The Bertz CT molecular complexity index is 1610. The molecule has 1 atom stereocenters. The van der Waals surface area contributed by atoms with Crippen LogP contribution >= 0.6 is 0 Å². The molecule has 1 fully saturated rings. The van der Waals surface area contributed by atoms with Crippen LogP contribution in [0.3, 0.4) is 0 Å². The molecule has 3 aromatic rings. The second-order valence-corrected chi connectivity index (χ2v) is 19.4. The van der Waals surface area contributed by atoms with Gasteiger partial charge >= 0.3 is 18.2 Å². The molecule has 0 radical (unpaired) electrons. The fourth-order valence-electron chi connectivity index (χ4n) is 5.22. The highest BCUT2D eigenvalue weighted by Gasteiger charge is 2.37. The molecule has 1 N–H and O–H groups in total. The van der Waals surface area contributed by atoms with Gasteiger partial charge in [0, 0.05) is 63.2 Å². The molecule has 3 heterocycles. The molecule has 1 aromatic carbocycles. The van der Waals surface area contributed by atoms with Crippen LogP contribution in [-0.2, 0) is 31.9 Å². The number of esters is 1. The first-order chi connectivity index (χ1) is 21.9. The van der Waals surface area contributed by atoms with E-state index >= 15 is 0 Å². The summed E-state index contributed by atoms with van der Waals surface area (Å²) in [7, 11) is -0.120. The lowest BCUT2D eigenvalue weighted by Crippen LogP contribution is -2.47. The monoisotopic (exact) mass is 675 g/mol. The van der Waals surface area contributed by atoms with Crippen molar-refractivity contribution in [2.45, 2.75) is 83.8 Å². The van der Waals surface area contributed by atoms with Gasteiger partial charge in [-0.3, -0.25) is 0 Å². The number of fused-ring (bicyclic) bond motifs is 1. The van der Waals surface area contributed by atoms with E-state index in [1.807, 2.05) is 0 Å². The predicted octanol–water partition coefficient (Wildman–Crippen LogP) is 7.43. The molecule has 0 spiro atoms. The number of ether oxygens (including phenoxy) is 3. The first-order valence-electron chi connectivity index (χ1n) is 15.6. The maximum absolute atomic E-state index is 14.4. The molecule has 2 aromatic heterocycles. The van der Waals surface area contributed by atoms with Crippen molar-refractivity contribution < 1.29 is 37.0 Å². The highest BCUT2D eigenvalue weighted by Crippen LogP contribution is 2.40. The molecule has 10 nitrogen and oxygen atoms in total. The normalized spacial score (nSPS) is 16.1. The van der Waals surface area contributed by atoms with E-state index in [2.05, 4.69) is 34.9 Å². The van der Waals surface area contributed by atoms with E-state index in [9.17, 15) is 22.8 Å². The van der Waals surface area contributed by atoms with E-state index < -0.39 is 37.5 Å². The van der Waals surface area contributed by atoms with Crippen LogP contribution in [0, 0.1) is 0 Å². The quantitative estimate of drug-likeness (QED) is 0.102. The summed E-state index contributed by atoms with van der Waals surface area (Å²) in [5.74, 6) is -0.552. The van der Waals surface area contributed by atoms with Gasteiger partial charge in [0.1, 0.15) is 17.9 Å². The first kappa shape index (κ1) is 35.9. The lowest BCUT2D eigenvalue weighted by Gasteiger charge is -2.34. The van der Waals surface area contributed by atoms with Crippen LogP contribution in [0.1, 0.15) is 44.7 Å². The van der Waals surface area contributed by atoms with Crippen LogP contribution in [0.5, 0.6) is 0 Å². The van der Waals surface area contributed by atoms with Crippen molar-refractivity contribution in [3.05, 3.63) is 47.8 Å². The maximum atomic E-state index is 14.4. The molecule has 47 heavy (non-hydrogen) atoms. The zero-order valence-corrected chi connectivity index (χ0v) is 29.0. The lowest BCUT2D eigenvalue weighted by atomic mass is 10.0. The zero-order chi connectivity index (χ0) is 34.6. The van der Waals surface area contributed by atoms with Crippen LogP contribution in [0.15, 0.2) is 36.7 Å². The number of likely N-dealkylation sites (tertiary alicyclic amines) is 1. The lowest BCUT2D eigenvalue weighted by molar-refractivity contribution is -0.137. The van der Waals surface area contributed by atoms with Crippen molar-refractivity contribution in [3.63, 3.8) is 0 Å². The number of amides is 1. The number of carbonyl (C=O) groups is 2. The second kappa shape index (κ2) is 14.5. The van der Waals surface area contributed by atoms with E-state index in [1.54, 1.807) is 60.7 Å². The number of alkyl halides is 3. The van der Waals surface area contributed by atoms with Gasteiger partial charge in [-0.25, -0.2) is 19.6 Å². The van der Waals surface area contributed by atoms with Gasteiger partial charge in [0.25, 0.3) is 0 Å². The Kier molecular flexibility index (Phi) is 11.1. The molecule has 0 unspecified atom stereocenters. The Morgan fingerprint density at radius 3 is 2.57 bits per heavy atom. The van der Waals surface area contributed by atoms with Gasteiger partial charge in [0.05, 0.1) is 18.3 Å². The van der Waals surface area contributed by atoms with Gasteiger partial charge in [0.2, 0.25) is 5.95 Å². The number of piperidine rings is 1. The van der Waals surface area contributed by atoms with Gasteiger partial charge < -0.3 is 29.0 Å². The number of rotatable bonds is 10. The molecule has 1 amide bonds. The average Bonchev–Trinajstić information content (AvgIpc) is 3.35. The smallest absolute Gasteiger partial charge is 0.419 e. The van der Waals surface area contributed by atoms with E-state index in [-0.39, 0.29) is 30.0 Å². The number of para-hydroxylation sites is 1. The largest absolute Gasteiger partial charge is 0.466 e. The third kappa shape index (κ3) is 9.80. The number of anilines is 1. The minimum Gasteiger partial charge on any atom is -0.466 e. The number of hydrogen-bond acceptors (Lipinski definition) is 8. The topological polar surface area (TPSA) is 108 Å². The van der Waals surface area contributed by atoms with Crippen LogP contribution in [0.4, 0.5) is 23.9 Å². The molecule has 256 valence electrons. The second-order valence-electron chi connectivity index (χ2n) is 13.8. The van der Waals surface area contributed by atoms with Gasteiger partial charge in [-0.2, -0.15) is 13.2 Å². The van der Waals surface area contributed by atoms with E-state index in [4.69, 9.17) is 14.2 Å². The summed E-state index contributed by atoms with van der Waals surface area (Å²) < 4.78 is 61.3. The molecule has 4 rings (SSSR count). The van der Waals surface area contributed by atoms with Crippen molar-refractivity contribution in [1.29, 1.82) is 0 Å². The number of methoxy groups -OCH3 is 1. The average molecular weight is 676 g/mol. The van der Waals surface area contributed by atoms with Gasteiger partial charge in [-0.05, 0) is 51.3 Å². The summed E-state index contributed by atoms with van der Waals surface area (Å²) in [6.07, 6.45) is 1.37. The van der Waals surface area contributed by atoms with E-state index in [1.165, 1.54) is 13.2 Å². The predicted molar refractivity (Wildman–Crippen MR) is 178 cm³/mol. The maximum Gasteiger partial charge on any atom is 0.419 e. The molecule has 1 aliphatic rings. The molecule has 1 saturated heterocycles. The van der Waals surface area contributed by atoms with Crippen LogP contribution < -0.4 is 5.32 Å². The Morgan fingerprint density at radius 2 is 1.91 bits per heavy atom. The van der Waals surface area contributed by atoms with Gasteiger partial charge in [-0.15, -0.1) is 0 Å². The van der Waals surface area contributed by atoms with Crippen LogP contribution in [0.25, 0.3) is 28.2 Å². The minimum atomic E-state index is -4.74. The SMILES string of the molecule is COC(=O)/C=C/c1cccc2c(-c3nc(N[C@H]4CCCN(C(=O)OC(C)(C)C)C4)ncc3C(F)(F)F)cn(COCC[Si](C)(C)C)c12. The molecular weight excluding hydrogens is 631 g/mol. The Balaban J connectivity index is 1.74. The van der Waals surface area contributed by atoms with Crippen molar-refractivity contribution in [3.8, 4) is 11.3 Å². The van der Waals surface area contributed by atoms with Crippen molar-refractivity contribution >= 4 is 43.1 Å². The van der Waals surface area contributed by atoms with Crippen LogP contribution in [0.2, 0.25) is 25.7 Å². The number of benzene rings is 1. The molecule has 1 aliphatic heterocycles. The highest BCUT2D eigenvalue weighted by molar-refractivity contribution is 6.76. The Labute approximate surface area is 274 Å². The fourth-order valence-corrected chi connectivity index (χ4v) is 5.97. The van der Waals surface area contributed by atoms with Gasteiger partial charge in [-0.1, -0.05) is 37.8 Å². The molecule has 0 bridgehead atoms.